The minimum Gasteiger partial charge on any atom is -0.370 e. The first kappa shape index (κ1) is 18.0. The third-order valence-corrected chi connectivity index (χ3v) is 5.12. The number of nitrogens with zero attached hydrogens (tertiary/aromatic N) is 3. The van der Waals surface area contributed by atoms with Crippen LogP contribution in [0.1, 0.15) is 24.2 Å². The van der Waals surface area contributed by atoms with E-state index in [0.717, 1.165) is 30.2 Å². The summed E-state index contributed by atoms with van der Waals surface area (Å²) in [7, 11) is 0. The van der Waals surface area contributed by atoms with Crippen molar-refractivity contribution in [2.75, 3.05) is 29.1 Å². The molecule has 25 heavy (non-hydrogen) atoms. The molecule has 0 atom stereocenters. The number of amides is 1. The quantitative estimate of drug-likeness (QED) is 0.629. The van der Waals surface area contributed by atoms with Gasteiger partial charge in [-0.3, -0.25) is 4.79 Å². The van der Waals surface area contributed by atoms with Gasteiger partial charge in [0, 0.05) is 30.2 Å². The van der Waals surface area contributed by atoms with Crippen molar-refractivity contribution in [2.24, 2.45) is 0 Å². The van der Waals surface area contributed by atoms with E-state index in [1.807, 2.05) is 38.1 Å². The number of rotatable bonds is 5. The number of benzene rings is 1. The Labute approximate surface area is 157 Å². The summed E-state index contributed by atoms with van der Waals surface area (Å²) in [6.07, 6.45) is 2.40. The fourth-order valence-electron chi connectivity index (χ4n) is 2.88. The highest BCUT2D eigenvalue weighted by Gasteiger charge is 2.15. The fourth-order valence-corrected chi connectivity index (χ4v) is 3.93. The minimum absolute atomic E-state index is 0.0993. The van der Waals surface area contributed by atoms with Gasteiger partial charge in [0.25, 0.3) is 0 Å². The van der Waals surface area contributed by atoms with E-state index < -0.39 is 0 Å². The number of anilines is 2. The molecule has 0 bridgehead atoms. The topological polar surface area (TPSA) is 58.1 Å². The van der Waals surface area contributed by atoms with E-state index >= 15 is 0 Å². The van der Waals surface area contributed by atoms with Crippen LogP contribution in [0.2, 0.25) is 5.02 Å². The van der Waals surface area contributed by atoms with Crippen LogP contribution < -0.4 is 10.2 Å². The lowest BCUT2D eigenvalue weighted by Gasteiger charge is -2.19. The Morgan fingerprint density at radius 3 is 2.52 bits per heavy atom. The second-order valence-corrected chi connectivity index (χ2v) is 7.48. The molecule has 0 radical (unpaired) electrons. The summed E-state index contributed by atoms with van der Waals surface area (Å²) < 4.78 is 0. The Morgan fingerprint density at radius 1 is 1.20 bits per heavy atom. The number of carbonyl (C=O) groups excluding carboxylic acids is 1. The summed E-state index contributed by atoms with van der Waals surface area (Å²) in [5.74, 6) is 0.159. The average Bonchev–Trinajstić information content (AvgIpc) is 3.06. The predicted molar refractivity (Wildman–Crippen MR) is 104 cm³/mol. The number of carbonyl (C=O) groups is 1. The molecular formula is C18H21ClN4OS. The van der Waals surface area contributed by atoms with Gasteiger partial charge in [0.2, 0.25) is 5.91 Å². The Hall–Kier alpha value is -1.79. The third-order valence-electron chi connectivity index (χ3n) is 3.97. The summed E-state index contributed by atoms with van der Waals surface area (Å²) in [5, 5.41) is 4.17. The highest BCUT2D eigenvalue weighted by Crippen LogP contribution is 2.31. The minimum atomic E-state index is -0.0993. The van der Waals surface area contributed by atoms with Gasteiger partial charge in [0.15, 0.2) is 5.16 Å². The van der Waals surface area contributed by atoms with Crippen LogP contribution in [0.15, 0.2) is 29.4 Å². The predicted octanol–water partition coefficient (Wildman–Crippen LogP) is 4.08. The van der Waals surface area contributed by atoms with Crippen LogP contribution in [0.25, 0.3) is 0 Å². The maximum atomic E-state index is 12.2. The van der Waals surface area contributed by atoms with E-state index in [0.29, 0.717) is 15.9 Å². The SMILES string of the molecule is Cc1cc(C)nc(SCC(=O)Nc2ccc(N3CCCC3)c(Cl)c2)n1. The van der Waals surface area contributed by atoms with Crippen LogP contribution in [-0.2, 0) is 4.79 Å². The lowest BCUT2D eigenvalue weighted by atomic mass is 10.2. The molecule has 132 valence electrons. The van der Waals surface area contributed by atoms with Gasteiger partial charge in [-0.1, -0.05) is 23.4 Å². The highest BCUT2D eigenvalue weighted by atomic mass is 35.5. The zero-order chi connectivity index (χ0) is 17.8. The van der Waals surface area contributed by atoms with Crippen molar-refractivity contribution in [3.05, 3.63) is 40.7 Å². The van der Waals surface area contributed by atoms with E-state index in [2.05, 4.69) is 20.2 Å². The van der Waals surface area contributed by atoms with Crippen molar-refractivity contribution >= 4 is 40.6 Å². The third kappa shape index (κ3) is 4.86. The fraction of sp³-hybridized carbons (Fsp3) is 0.389. The molecule has 0 unspecified atom stereocenters. The molecule has 2 aromatic rings. The molecule has 3 rings (SSSR count). The van der Waals surface area contributed by atoms with E-state index in [1.165, 1.54) is 24.6 Å². The Balaban J connectivity index is 1.58. The maximum absolute atomic E-state index is 12.2. The molecule has 1 aliphatic heterocycles. The molecular weight excluding hydrogens is 356 g/mol. The van der Waals surface area contributed by atoms with Crippen molar-refractivity contribution in [2.45, 2.75) is 31.8 Å². The number of aromatic nitrogens is 2. The molecule has 0 aliphatic carbocycles. The van der Waals surface area contributed by atoms with Crippen LogP contribution in [0, 0.1) is 13.8 Å². The van der Waals surface area contributed by atoms with Crippen molar-refractivity contribution in [1.82, 2.24) is 9.97 Å². The zero-order valence-electron chi connectivity index (χ0n) is 14.4. The second kappa shape index (κ2) is 8.06. The number of hydrogen-bond acceptors (Lipinski definition) is 5. The molecule has 0 saturated carbocycles. The summed E-state index contributed by atoms with van der Waals surface area (Å²) in [4.78, 5) is 23.1. The Bertz CT molecular complexity index is 757. The van der Waals surface area contributed by atoms with Crippen LogP contribution in [0.5, 0.6) is 0 Å². The smallest absolute Gasteiger partial charge is 0.234 e. The van der Waals surface area contributed by atoms with Crippen molar-refractivity contribution in [3.63, 3.8) is 0 Å². The molecule has 1 fully saturated rings. The number of aryl methyl sites for hydroxylation is 2. The van der Waals surface area contributed by atoms with E-state index in [9.17, 15) is 4.79 Å². The molecule has 2 heterocycles. The molecule has 7 heteroatoms. The first-order valence-electron chi connectivity index (χ1n) is 8.31. The summed E-state index contributed by atoms with van der Waals surface area (Å²) >= 11 is 7.71. The standard InChI is InChI=1S/C18H21ClN4OS/c1-12-9-13(2)21-18(20-12)25-11-17(24)22-14-5-6-16(15(19)10-14)23-7-3-4-8-23/h5-6,9-10H,3-4,7-8,11H2,1-2H3,(H,22,24). The molecule has 1 aromatic heterocycles. The average molecular weight is 377 g/mol. The number of nitrogens with one attached hydrogen (secondary N) is 1. The van der Waals surface area contributed by atoms with E-state index in [4.69, 9.17) is 11.6 Å². The maximum Gasteiger partial charge on any atom is 0.234 e. The number of halogens is 1. The first-order chi connectivity index (χ1) is 12.0. The lowest BCUT2D eigenvalue weighted by Crippen LogP contribution is -2.18. The van der Waals surface area contributed by atoms with Gasteiger partial charge < -0.3 is 10.2 Å². The van der Waals surface area contributed by atoms with Gasteiger partial charge in [-0.15, -0.1) is 0 Å². The van der Waals surface area contributed by atoms with Crippen LogP contribution in [0.4, 0.5) is 11.4 Å². The van der Waals surface area contributed by atoms with Gasteiger partial charge in [-0.05, 0) is 51.0 Å². The summed E-state index contributed by atoms with van der Waals surface area (Å²) in [6, 6.07) is 7.60. The zero-order valence-corrected chi connectivity index (χ0v) is 16.0. The van der Waals surface area contributed by atoms with Crippen molar-refractivity contribution in [3.8, 4) is 0 Å². The van der Waals surface area contributed by atoms with Gasteiger partial charge in [0.05, 0.1) is 16.5 Å². The van der Waals surface area contributed by atoms with Crippen molar-refractivity contribution < 1.29 is 4.79 Å². The Kier molecular flexibility index (Phi) is 5.81. The summed E-state index contributed by atoms with van der Waals surface area (Å²) in [5.41, 5.74) is 3.55. The van der Waals surface area contributed by atoms with E-state index in [-0.39, 0.29) is 11.7 Å². The highest BCUT2D eigenvalue weighted by molar-refractivity contribution is 7.99. The van der Waals surface area contributed by atoms with Crippen LogP contribution >= 0.6 is 23.4 Å². The summed E-state index contributed by atoms with van der Waals surface area (Å²) in [6.45, 7) is 5.92. The monoisotopic (exact) mass is 376 g/mol. The van der Waals surface area contributed by atoms with Crippen LogP contribution in [0.3, 0.4) is 0 Å². The normalized spacial score (nSPS) is 14.0. The molecule has 5 nitrogen and oxygen atoms in total. The van der Waals surface area contributed by atoms with Gasteiger partial charge in [-0.2, -0.15) is 0 Å². The lowest BCUT2D eigenvalue weighted by molar-refractivity contribution is -0.113. The van der Waals surface area contributed by atoms with Gasteiger partial charge >= 0.3 is 0 Å². The Morgan fingerprint density at radius 2 is 1.88 bits per heavy atom. The molecule has 1 aromatic carbocycles. The van der Waals surface area contributed by atoms with Crippen molar-refractivity contribution in [1.29, 1.82) is 0 Å². The molecule has 1 saturated heterocycles. The van der Waals surface area contributed by atoms with Gasteiger partial charge in [-0.25, -0.2) is 9.97 Å². The number of hydrogen-bond donors (Lipinski definition) is 1. The van der Waals surface area contributed by atoms with E-state index in [1.54, 1.807) is 0 Å². The molecule has 1 N–H and O–H groups in total. The molecule has 1 amide bonds. The van der Waals surface area contributed by atoms with Gasteiger partial charge in [0.1, 0.15) is 0 Å². The molecule has 1 aliphatic rings. The molecule has 0 spiro atoms. The number of thioether (sulfide) groups is 1. The second-order valence-electron chi connectivity index (χ2n) is 6.13. The van der Waals surface area contributed by atoms with Crippen LogP contribution in [-0.4, -0.2) is 34.7 Å². The largest absolute Gasteiger partial charge is 0.370 e. The first-order valence-corrected chi connectivity index (χ1v) is 9.67.